The summed E-state index contributed by atoms with van der Waals surface area (Å²) in [5.74, 6) is -0.261. The quantitative estimate of drug-likeness (QED) is 0.732. The third-order valence-electron chi connectivity index (χ3n) is 3.97. The van der Waals surface area contributed by atoms with Gasteiger partial charge < -0.3 is 15.8 Å². The average molecular weight is 270 g/mol. The molecule has 0 aromatic rings. The van der Waals surface area contributed by atoms with Gasteiger partial charge in [0, 0.05) is 5.92 Å². The maximum atomic E-state index is 12.3. The van der Waals surface area contributed by atoms with Crippen LogP contribution in [0.1, 0.15) is 39.5 Å². The fourth-order valence-electron chi connectivity index (χ4n) is 2.72. The molecule has 0 aromatic heterocycles. The number of methoxy groups -OCH3 is 1. The summed E-state index contributed by atoms with van der Waals surface area (Å²) in [5, 5.41) is 2.83. The first kappa shape index (κ1) is 16.0. The topological polar surface area (TPSA) is 81.4 Å². The van der Waals surface area contributed by atoms with E-state index in [0.717, 1.165) is 25.7 Å². The van der Waals surface area contributed by atoms with E-state index >= 15 is 0 Å². The van der Waals surface area contributed by atoms with E-state index < -0.39 is 6.04 Å². The van der Waals surface area contributed by atoms with Gasteiger partial charge in [0.2, 0.25) is 5.91 Å². The highest BCUT2D eigenvalue weighted by Crippen LogP contribution is 2.29. The zero-order chi connectivity index (χ0) is 14.4. The lowest BCUT2D eigenvalue weighted by molar-refractivity contribution is -0.147. The average Bonchev–Trinajstić information content (AvgIpc) is 2.43. The van der Waals surface area contributed by atoms with Crippen molar-refractivity contribution in [3.05, 3.63) is 0 Å². The molecule has 3 unspecified atom stereocenters. The van der Waals surface area contributed by atoms with Gasteiger partial charge in [0.25, 0.3) is 0 Å². The number of hydrogen-bond acceptors (Lipinski definition) is 4. The van der Waals surface area contributed by atoms with Crippen molar-refractivity contribution >= 4 is 11.9 Å². The highest BCUT2D eigenvalue weighted by atomic mass is 16.5. The number of nitrogens with two attached hydrogens (primary N) is 1. The van der Waals surface area contributed by atoms with Gasteiger partial charge in [-0.05, 0) is 31.2 Å². The molecule has 0 radical (unpaired) electrons. The van der Waals surface area contributed by atoms with Gasteiger partial charge in [-0.1, -0.05) is 26.7 Å². The Labute approximate surface area is 115 Å². The van der Waals surface area contributed by atoms with Gasteiger partial charge in [0.05, 0.1) is 7.11 Å². The predicted octanol–water partition coefficient (Wildman–Crippen LogP) is 1.07. The molecule has 1 saturated carbocycles. The first-order valence-electron chi connectivity index (χ1n) is 7.09. The second kappa shape index (κ2) is 7.48. The van der Waals surface area contributed by atoms with Crippen LogP contribution in [0.4, 0.5) is 0 Å². The molecule has 19 heavy (non-hydrogen) atoms. The SMILES string of the molecule is COC(=O)C(NC(=O)C1CCCCC1CN)C(C)C. The van der Waals surface area contributed by atoms with Gasteiger partial charge in [-0.25, -0.2) is 4.79 Å². The monoisotopic (exact) mass is 270 g/mol. The van der Waals surface area contributed by atoms with Crippen molar-refractivity contribution < 1.29 is 14.3 Å². The summed E-state index contributed by atoms with van der Waals surface area (Å²) in [6, 6.07) is -0.571. The molecule has 5 heteroatoms. The van der Waals surface area contributed by atoms with Gasteiger partial charge in [-0.3, -0.25) is 4.79 Å². The summed E-state index contributed by atoms with van der Waals surface area (Å²) in [6.45, 7) is 4.31. The largest absolute Gasteiger partial charge is 0.467 e. The van der Waals surface area contributed by atoms with E-state index in [1.807, 2.05) is 13.8 Å². The minimum atomic E-state index is -0.571. The standard InChI is InChI=1S/C14H26N2O3/c1-9(2)12(14(18)19-3)16-13(17)11-7-5-4-6-10(11)8-15/h9-12H,4-8,15H2,1-3H3,(H,16,17). The van der Waals surface area contributed by atoms with Gasteiger partial charge in [-0.15, -0.1) is 0 Å². The Kier molecular flexibility index (Phi) is 6.28. The summed E-state index contributed by atoms with van der Waals surface area (Å²) in [6.07, 6.45) is 4.05. The number of carbonyl (C=O) groups excluding carboxylic acids is 2. The Morgan fingerprint density at radius 3 is 2.47 bits per heavy atom. The molecule has 0 heterocycles. The molecular weight excluding hydrogens is 244 g/mol. The minimum Gasteiger partial charge on any atom is -0.467 e. The highest BCUT2D eigenvalue weighted by molar-refractivity contribution is 5.86. The summed E-state index contributed by atoms with van der Waals surface area (Å²) >= 11 is 0. The molecule has 1 aliphatic carbocycles. The number of carbonyl (C=O) groups is 2. The van der Waals surface area contributed by atoms with E-state index in [4.69, 9.17) is 10.5 Å². The van der Waals surface area contributed by atoms with Crippen molar-refractivity contribution in [2.24, 2.45) is 23.5 Å². The van der Waals surface area contributed by atoms with Crippen molar-refractivity contribution in [3.63, 3.8) is 0 Å². The molecule has 1 fully saturated rings. The van der Waals surface area contributed by atoms with Crippen LogP contribution in [0.15, 0.2) is 0 Å². The molecule has 3 N–H and O–H groups in total. The van der Waals surface area contributed by atoms with E-state index in [2.05, 4.69) is 5.32 Å². The molecule has 110 valence electrons. The van der Waals surface area contributed by atoms with Crippen LogP contribution in [-0.4, -0.2) is 31.6 Å². The number of ether oxygens (including phenoxy) is 1. The Bertz CT molecular complexity index is 318. The predicted molar refractivity (Wildman–Crippen MR) is 73.3 cm³/mol. The second-order valence-corrected chi connectivity index (χ2v) is 5.64. The van der Waals surface area contributed by atoms with Crippen molar-refractivity contribution in [3.8, 4) is 0 Å². The fraction of sp³-hybridized carbons (Fsp3) is 0.857. The van der Waals surface area contributed by atoms with E-state index in [1.165, 1.54) is 7.11 Å². The van der Waals surface area contributed by atoms with Crippen molar-refractivity contribution in [2.75, 3.05) is 13.7 Å². The normalized spacial score (nSPS) is 24.9. The number of rotatable bonds is 5. The second-order valence-electron chi connectivity index (χ2n) is 5.64. The Morgan fingerprint density at radius 1 is 1.32 bits per heavy atom. The van der Waals surface area contributed by atoms with Crippen LogP contribution in [0.25, 0.3) is 0 Å². The van der Waals surface area contributed by atoms with Crippen molar-refractivity contribution in [2.45, 2.75) is 45.6 Å². The van der Waals surface area contributed by atoms with Crippen LogP contribution < -0.4 is 11.1 Å². The molecular formula is C14H26N2O3. The molecule has 0 bridgehead atoms. The van der Waals surface area contributed by atoms with Crippen LogP contribution >= 0.6 is 0 Å². The smallest absolute Gasteiger partial charge is 0.328 e. The molecule has 0 aromatic carbocycles. The van der Waals surface area contributed by atoms with Gasteiger partial charge in [0.15, 0.2) is 0 Å². The molecule has 1 aliphatic rings. The fourth-order valence-corrected chi connectivity index (χ4v) is 2.72. The number of amides is 1. The van der Waals surface area contributed by atoms with Crippen LogP contribution in [0.5, 0.6) is 0 Å². The van der Waals surface area contributed by atoms with Crippen molar-refractivity contribution in [1.29, 1.82) is 0 Å². The van der Waals surface area contributed by atoms with E-state index in [0.29, 0.717) is 6.54 Å². The third-order valence-corrected chi connectivity index (χ3v) is 3.97. The number of nitrogens with one attached hydrogen (secondary N) is 1. The maximum absolute atomic E-state index is 12.3. The molecule has 0 saturated heterocycles. The van der Waals surface area contributed by atoms with Gasteiger partial charge in [-0.2, -0.15) is 0 Å². The molecule has 3 atom stereocenters. The summed E-state index contributed by atoms with van der Waals surface area (Å²) < 4.78 is 4.74. The number of hydrogen-bond donors (Lipinski definition) is 2. The Hall–Kier alpha value is -1.10. The van der Waals surface area contributed by atoms with Crippen LogP contribution in [-0.2, 0) is 14.3 Å². The lowest BCUT2D eigenvalue weighted by Crippen LogP contribution is -2.49. The molecule has 1 amide bonds. The number of esters is 1. The molecule has 5 nitrogen and oxygen atoms in total. The van der Waals surface area contributed by atoms with Crippen LogP contribution in [0.2, 0.25) is 0 Å². The molecule has 0 spiro atoms. The Balaban J connectivity index is 2.67. The van der Waals surface area contributed by atoms with Crippen molar-refractivity contribution in [1.82, 2.24) is 5.32 Å². The van der Waals surface area contributed by atoms with Gasteiger partial charge in [0.1, 0.15) is 6.04 Å². The van der Waals surface area contributed by atoms with Crippen LogP contribution in [0.3, 0.4) is 0 Å². The lowest BCUT2D eigenvalue weighted by Gasteiger charge is -2.31. The zero-order valence-electron chi connectivity index (χ0n) is 12.1. The first-order valence-corrected chi connectivity index (χ1v) is 7.09. The highest BCUT2D eigenvalue weighted by Gasteiger charge is 2.33. The Morgan fingerprint density at radius 2 is 1.95 bits per heavy atom. The molecule has 0 aliphatic heterocycles. The minimum absolute atomic E-state index is 0.0105. The summed E-state index contributed by atoms with van der Waals surface area (Å²) in [7, 11) is 1.34. The van der Waals surface area contributed by atoms with E-state index in [-0.39, 0.29) is 29.6 Å². The first-order chi connectivity index (χ1) is 9.01. The van der Waals surface area contributed by atoms with E-state index in [9.17, 15) is 9.59 Å². The summed E-state index contributed by atoms with van der Waals surface area (Å²) in [5.41, 5.74) is 5.74. The van der Waals surface area contributed by atoms with E-state index in [1.54, 1.807) is 0 Å². The summed E-state index contributed by atoms with van der Waals surface area (Å²) in [4.78, 5) is 24.0. The third kappa shape index (κ3) is 4.20. The zero-order valence-corrected chi connectivity index (χ0v) is 12.1. The lowest BCUT2D eigenvalue weighted by atomic mass is 9.78. The van der Waals surface area contributed by atoms with Crippen LogP contribution in [0, 0.1) is 17.8 Å². The maximum Gasteiger partial charge on any atom is 0.328 e. The molecule has 1 rings (SSSR count). The van der Waals surface area contributed by atoms with Gasteiger partial charge >= 0.3 is 5.97 Å².